The van der Waals surface area contributed by atoms with Gasteiger partial charge < -0.3 is 24.4 Å². The first-order chi connectivity index (χ1) is 6.47. The normalized spacial score (nSPS) is 42.8. The van der Waals surface area contributed by atoms with Crippen molar-refractivity contribution < 1.29 is 33.5 Å². The van der Waals surface area contributed by atoms with Crippen molar-refractivity contribution in [2.24, 2.45) is 0 Å². The molecule has 82 valence electrons. The van der Waals surface area contributed by atoms with E-state index in [1.165, 1.54) is 0 Å². The van der Waals surface area contributed by atoms with Crippen molar-refractivity contribution >= 4 is 7.82 Å². The van der Waals surface area contributed by atoms with Crippen molar-refractivity contribution in [3.05, 3.63) is 0 Å². The van der Waals surface area contributed by atoms with Crippen molar-refractivity contribution in [2.45, 2.75) is 24.4 Å². The molecule has 2 fully saturated rings. The van der Waals surface area contributed by atoms with Crippen LogP contribution in [0, 0.1) is 0 Å². The highest BCUT2D eigenvalue weighted by atomic mass is 31.2. The van der Waals surface area contributed by atoms with E-state index in [1.54, 1.807) is 0 Å². The second kappa shape index (κ2) is 3.53. The Hall–Kier alpha value is -0.0100. The number of ether oxygens (including phenoxy) is 2. The van der Waals surface area contributed by atoms with Crippen LogP contribution in [0.2, 0.25) is 0 Å². The summed E-state index contributed by atoms with van der Waals surface area (Å²) >= 11 is 0. The lowest BCUT2D eigenvalue weighted by Gasteiger charge is -2.16. The second-order valence-electron chi connectivity index (χ2n) is 3.30. The molecule has 0 bridgehead atoms. The van der Waals surface area contributed by atoms with Crippen LogP contribution >= 0.6 is 7.82 Å². The van der Waals surface area contributed by atoms with Gasteiger partial charge >= 0.3 is 7.82 Å². The fraction of sp³-hybridized carbons (Fsp3) is 1.00. The van der Waals surface area contributed by atoms with Gasteiger partial charge in [-0.3, -0.25) is 4.52 Å². The van der Waals surface area contributed by atoms with Gasteiger partial charge in [-0.05, 0) is 0 Å². The number of aliphatic hydroxyl groups excluding tert-OH is 1. The van der Waals surface area contributed by atoms with Gasteiger partial charge in [0.25, 0.3) is 0 Å². The molecule has 0 aromatic heterocycles. The van der Waals surface area contributed by atoms with Gasteiger partial charge in [0.05, 0.1) is 13.2 Å². The smallest absolute Gasteiger partial charge is 0.388 e. The summed E-state index contributed by atoms with van der Waals surface area (Å²) in [6.07, 6.45) is -2.67. The number of phosphoric acid groups is 1. The lowest BCUT2D eigenvalue weighted by atomic mass is 10.1. The average Bonchev–Trinajstić information content (AvgIpc) is 2.55. The summed E-state index contributed by atoms with van der Waals surface area (Å²) < 4.78 is 25.2. The van der Waals surface area contributed by atoms with Crippen LogP contribution in [0.25, 0.3) is 0 Å². The summed E-state index contributed by atoms with van der Waals surface area (Å²) in [7, 11) is -4.53. The van der Waals surface area contributed by atoms with E-state index in [-0.39, 0.29) is 13.2 Å². The molecule has 0 aliphatic carbocycles. The molecule has 2 rings (SSSR count). The molecule has 2 aliphatic heterocycles. The van der Waals surface area contributed by atoms with Gasteiger partial charge in [-0.2, -0.15) is 0 Å². The van der Waals surface area contributed by atoms with E-state index in [2.05, 4.69) is 4.52 Å². The quantitative estimate of drug-likeness (QED) is 0.498. The Morgan fingerprint density at radius 1 is 1.21 bits per heavy atom. The minimum atomic E-state index is -4.53. The zero-order valence-corrected chi connectivity index (χ0v) is 8.04. The third-order valence-electron chi connectivity index (χ3n) is 2.25. The first kappa shape index (κ1) is 10.5. The number of aliphatic hydroxyl groups is 1. The number of fused-ring (bicyclic) bond motifs is 1. The topological polar surface area (TPSA) is 105 Å². The molecule has 8 heteroatoms. The van der Waals surface area contributed by atoms with Gasteiger partial charge in [-0.15, -0.1) is 0 Å². The molecule has 4 atom stereocenters. The third-order valence-corrected chi connectivity index (χ3v) is 2.80. The first-order valence-corrected chi connectivity index (χ1v) is 5.65. The van der Waals surface area contributed by atoms with E-state index < -0.39 is 32.2 Å². The average molecular weight is 226 g/mol. The van der Waals surface area contributed by atoms with Crippen LogP contribution in [0.4, 0.5) is 0 Å². The molecule has 7 nitrogen and oxygen atoms in total. The molecule has 2 saturated heterocycles. The summed E-state index contributed by atoms with van der Waals surface area (Å²) in [4.78, 5) is 17.2. The van der Waals surface area contributed by atoms with Crippen LogP contribution in [0.1, 0.15) is 0 Å². The molecular formula is C6H11O7P. The highest BCUT2D eigenvalue weighted by Crippen LogP contribution is 2.42. The Morgan fingerprint density at radius 2 is 1.86 bits per heavy atom. The lowest BCUT2D eigenvalue weighted by Crippen LogP contribution is -2.32. The number of phosphoric ester groups is 1. The Bertz CT molecular complexity index is 263. The Morgan fingerprint density at radius 3 is 2.50 bits per heavy atom. The van der Waals surface area contributed by atoms with Gasteiger partial charge in [-0.1, -0.05) is 0 Å². The van der Waals surface area contributed by atoms with E-state index in [4.69, 9.17) is 19.3 Å². The Kier molecular flexibility index (Phi) is 2.65. The zero-order chi connectivity index (χ0) is 10.3. The predicted octanol–water partition coefficient (Wildman–Crippen LogP) is -1.38. The van der Waals surface area contributed by atoms with Gasteiger partial charge in [0.2, 0.25) is 0 Å². The van der Waals surface area contributed by atoms with E-state index in [9.17, 15) is 9.67 Å². The summed E-state index contributed by atoms with van der Waals surface area (Å²) in [6.45, 7) is 0.133. The van der Waals surface area contributed by atoms with E-state index in [0.29, 0.717) is 0 Å². The fourth-order valence-corrected chi connectivity index (χ4v) is 2.24. The highest BCUT2D eigenvalue weighted by Gasteiger charge is 2.49. The van der Waals surface area contributed by atoms with Gasteiger partial charge in [0.1, 0.15) is 24.4 Å². The number of hydrogen-bond donors (Lipinski definition) is 3. The summed E-state index contributed by atoms with van der Waals surface area (Å²) in [5, 5.41) is 9.32. The second-order valence-corrected chi connectivity index (χ2v) is 4.49. The van der Waals surface area contributed by atoms with E-state index >= 15 is 0 Å². The molecule has 2 aliphatic rings. The predicted molar refractivity (Wildman–Crippen MR) is 42.4 cm³/mol. The van der Waals surface area contributed by atoms with E-state index in [1.807, 2.05) is 0 Å². The summed E-state index contributed by atoms with van der Waals surface area (Å²) in [5.41, 5.74) is 0. The molecule has 0 aromatic rings. The molecule has 0 saturated carbocycles. The van der Waals surface area contributed by atoms with Crippen molar-refractivity contribution in [3.8, 4) is 0 Å². The minimum absolute atomic E-state index is 0.0253. The lowest BCUT2D eigenvalue weighted by molar-refractivity contribution is 0.00162. The number of hydrogen-bond acceptors (Lipinski definition) is 5. The molecule has 2 heterocycles. The molecular weight excluding hydrogens is 215 g/mol. The van der Waals surface area contributed by atoms with Gasteiger partial charge in [0, 0.05) is 0 Å². The van der Waals surface area contributed by atoms with Crippen LogP contribution in [0.15, 0.2) is 0 Å². The van der Waals surface area contributed by atoms with Crippen LogP contribution in [0.5, 0.6) is 0 Å². The summed E-state index contributed by atoms with van der Waals surface area (Å²) in [5.74, 6) is 0. The first-order valence-electron chi connectivity index (χ1n) is 4.12. The molecule has 0 amide bonds. The van der Waals surface area contributed by atoms with Crippen molar-refractivity contribution in [1.82, 2.24) is 0 Å². The standard InChI is InChI=1S/C6H11O7P/c7-3-1-11-6-4(2-12-5(3)6)13-14(8,9)10/h3-7H,1-2H2,(H2,8,9,10)/t3-,4+,5-,6-/m1/s1. The monoisotopic (exact) mass is 226 g/mol. The highest BCUT2D eigenvalue weighted by molar-refractivity contribution is 7.46. The minimum Gasteiger partial charge on any atom is -0.388 e. The molecule has 14 heavy (non-hydrogen) atoms. The summed E-state index contributed by atoms with van der Waals surface area (Å²) in [6, 6.07) is 0. The van der Waals surface area contributed by atoms with Gasteiger partial charge in [-0.25, -0.2) is 4.57 Å². The van der Waals surface area contributed by atoms with Crippen LogP contribution in [-0.4, -0.2) is 52.5 Å². The molecule has 3 N–H and O–H groups in total. The molecule has 0 radical (unpaired) electrons. The zero-order valence-electron chi connectivity index (χ0n) is 7.15. The van der Waals surface area contributed by atoms with Crippen LogP contribution < -0.4 is 0 Å². The number of rotatable bonds is 2. The molecule has 0 aromatic carbocycles. The SMILES string of the molecule is O=P(O)(O)O[C@H]1CO[C@H]2[C@@H]1OC[C@H]2O. The molecule has 0 spiro atoms. The maximum atomic E-state index is 10.6. The third kappa shape index (κ3) is 1.99. The maximum absolute atomic E-state index is 10.6. The van der Waals surface area contributed by atoms with Crippen molar-refractivity contribution in [1.29, 1.82) is 0 Å². The Labute approximate surface area is 79.8 Å². The Balaban J connectivity index is 2.00. The van der Waals surface area contributed by atoms with Crippen LogP contribution in [0.3, 0.4) is 0 Å². The van der Waals surface area contributed by atoms with Crippen molar-refractivity contribution in [2.75, 3.05) is 13.2 Å². The van der Waals surface area contributed by atoms with E-state index in [0.717, 1.165) is 0 Å². The fourth-order valence-electron chi connectivity index (χ4n) is 1.71. The van der Waals surface area contributed by atoms with Crippen LogP contribution in [-0.2, 0) is 18.6 Å². The largest absolute Gasteiger partial charge is 0.470 e. The van der Waals surface area contributed by atoms with Gasteiger partial charge in [0.15, 0.2) is 0 Å². The maximum Gasteiger partial charge on any atom is 0.470 e. The molecule has 0 unspecified atom stereocenters. The van der Waals surface area contributed by atoms with Crippen molar-refractivity contribution in [3.63, 3.8) is 0 Å².